The van der Waals surface area contributed by atoms with E-state index in [1.54, 1.807) is 4.90 Å². The highest BCUT2D eigenvalue weighted by atomic mass is 19.1. The molecule has 11 heteroatoms. The molecule has 4 aliphatic heterocycles. The number of hydrogen-bond donors (Lipinski definition) is 3. The highest BCUT2D eigenvalue weighted by Crippen LogP contribution is 2.33. The number of nitrogens with zero attached hydrogens (tertiary/aromatic N) is 4. The van der Waals surface area contributed by atoms with Crippen molar-refractivity contribution in [3.8, 4) is 0 Å². The Balaban J connectivity index is 1.18. The van der Waals surface area contributed by atoms with Crippen molar-refractivity contribution < 1.29 is 18.7 Å². The number of nitrogens with one attached hydrogen (secondary N) is 3. The van der Waals surface area contributed by atoms with E-state index in [2.05, 4.69) is 56.4 Å². The van der Waals surface area contributed by atoms with Crippen molar-refractivity contribution in [3.05, 3.63) is 53.9 Å². The van der Waals surface area contributed by atoms with Gasteiger partial charge < -0.3 is 30.5 Å². The highest BCUT2D eigenvalue weighted by Gasteiger charge is 2.33. The topological polar surface area (TPSA) is 102 Å². The number of carbonyl (C=O) groups excluding carboxylic acids is 2. The monoisotopic (exact) mass is 549 g/mol. The number of likely N-dealkylation sites (tertiary alicyclic amines) is 1. The molecule has 1 aromatic carbocycles. The van der Waals surface area contributed by atoms with Gasteiger partial charge in [0.15, 0.2) is 11.6 Å². The maximum absolute atomic E-state index is 15.5. The van der Waals surface area contributed by atoms with E-state index < -0.39 is 5.82 Å². The van der Waals surface area contributed by atoms with Gasteiger partial charge in [-0.05, 0) is 50.1 Å². The van der Waals surface area contributed by atoms with Crippen LogP contribution < -0.4 is 20.9 Å². The Bertz CT molecular complexity index is 1300. The average Bonchev–Trinajstić information content (AvgIpc) is 3.32. The number of piperidine rings is 1. The molecule has 3 fully saturated rings. The number of rotatable bonds is 7. The van der Waals surface area contributed by atoms with Gasteiger partial charge in [0.1, 0.15) is 5.82 Å². The van der Waals surface area contributed by atoms with Gasteiger partial charge in [0, 0.05) is 68.3 Å². The number of carbonyl (C=O) groups is 2. The molecule has 0 saturated carbocycles. The van der Waals surface area contributed by atoms with E-state index in [0.29, 0.717) is 36.6 Å². The van der Waals surface area contributed by atoms with E-state index >= 15 is 4.39 Å². The van der Waals surface area contributed by atoms with Crippen LogP contribution in [0.15, 0.2) is 36.9 Å². The fraction of sp³-hybridized carbons (Fsp3) is 0.483. The number of halogens is 1. The molecule has 2 aromatic rings. The van der Waals surface area contributed by atoms with Gasteiger partial charge in [-0.2, -0.15) is 0 Å². The van der Waals surface area contributed by atoms with Crippen LogP contribution in [-0.2, 0) is 16.1 Å². The number of piperazine rings is 1. The summed E-state index contributed by atoms with van der Waals surface area (Å²) in [7, 11) is 0. The van der Waals surface area contributed by atoms with Gasteiger partial charge in [0.25, 0.3) is 5.91 Å². The van der Waals surface area contributed by atoms with Gasteiger partial charge in [-0.3, -0.25) is 14.5 Å². The van der Waals surface area contributed by atoms with Crippen LogP contribution in [0, 0.1) is 5.82 Å². The van der Waals surface area contributed by atoms with Crippen LogP contribution in [0.1, 0.15) is 35.7 Å². The molecule has 0 spiro atoms. The van der Waals surface area contributed by atoms with Gasteiger partial charge in [-0.15, -0.1) is 0 Å². The minimum atomic E-state index is -0.539. The zero-order chi connectivity index (χ0) is 27.8. The third kappa shape index (κ3) is 5.11. The van der Waals surface area contributed by atoms with Crippen LogP contribution in [0.5, 0.6) is 0 Å². The Kier molecular flexibility index (Phi) is 7.33. The number of pyridine rings is 1. The lowest BCUT2D eigenvalue weighted by molar-refractivity contribution is -0.127. The first-order valence-electron chi connectivity index (χ1n) is 14.0. The smallest absolute Gasteiger partial charge is 0.255 e. The van der Waals surface area contributed by atoms with Crippen molar-refractivity contribution in [3.63, 3.8) is 0 Å². The van der Waals surface area contributed by atoms with Crippen LogP contribution in [0.3, 0.4) is 0 Å². The number of amides is 2. The molecule has 212 valence electrons. The summed E-state index contributed by atoms with van der Waals surface area (Å²) in [4.78, 5) is 35.9. The van der Waals surface area contributed by atoms with E-state index in [9.17, 15) is 9.59 Å². The van der Waals surface area contributed by atoms with Crippen LogP contribution >= 0.6 is 0 Å². The molecule has 2 atom stereocenters. The second-order valence-corrected chi connectivity index (χ2v) is 11.0. The molecule has 5 heterocycles. The summed E-state index contributed by atoms with van der Waals surface area (Å²) in [5.74, 6) is -0.644. The third-order valence-corrected chi connectivity index (χ3v) is 8.39. The van der Waals surface area contributed by atoms with Gasteiger partial charge in [0.2, 0.25) is 5.91 Å². The number of hydrogen-bond acceptors (Lipinski definition) is 8. The summed E-state index contributed by atoms with van der Waals surface area (Å²) in [6.07, 6.45) is 2.87. The molecular weight excluding hydrogens is 513 g/mol. The summed E-state index contributed by atoms with van der Waals surface area (Å²) in [5.41, 5.74) is 2.41. The van der Waals surface area contributed by atoms with Crippen LogP contribution in [0.25, 0.3) is 0 Å². The summed E-state index contributed by atoms with van der Waals surface area (Å²) in [6, 6.07) is 8.83. The van der Waals surface area contributed by atoms with Gasteiger partial charge >= 0.3 is 0 Å². The largest absolute Gasteiger partial charge is 0.378 e. The fourth-order valence-electron chi connectivity index (χ4n) is 6.09. The average molecular weight is 550 g/mol. The molecule has 40 heavy (non-hydrogen) atoms. The maximum Gasteiger partial charge on any atom is 0.255 e. The zero-order valence-corrected chi connectivity index (χ0v) is 22.8. The minimum Gasteiger partial charge on any atom is -0.378 e. The molecule has 3 N–H and O–H groups in total. The molecule has 6 rings (SSSR count). The lowest BCUT2D eigenvalue weighted by Crippen LogP contribution is -2.59. The van der Waals surface area contributed by atoms with Crippen molar-refractivity contribution >= 4 is 34.8 Å². The highest BCUT2D eigenvalue weighted by molar-refractivity contribution is 6.03. The quantitative estimate of drug-likeness (QED) is 0.454. The summed E-state index contributed by atoms with van der Waals surface area (Å²) >= 11 is 0. The molecule has 2 unspecified atom stereocenters. The van der Waals surface area contributed by atoms with E-state index in [0.717, 1.165) is 57.1 Å². The second kappa shape index (κ2) is 11.1. The lowest BCUT2D eigenvalue weighted by atomic mass is 10.0. The van der Waals surface area contributed by atoms with Crippen LogP contribution in [-0.4, -0.2) is 90.7 Å². The van der Waals surface area contributed by atoms with Gasteiger partial charge in [-0.25, -0.2) is 9.37 Å². The minimum absolute atomic E-state index is 0.0795. The SMILES string of the molecule is C=CC(=O)N1CCCC(Nc2nc(Nc3ccc(N4CCN(C5COC5)CC4C)cc3)c3c(c2F)CNC3=O)C1. The maximum atomic E-state index is 15.5. The first-order valence-corrected chi connectivity index (χ1v) is 14.0. The van der Waals surface area contributed by atoms with Crippen molar-refractivity contribution in [1.29, 1.82) is 0 Å². The normalized spacial score (nSPS) is 23.3. The van der Waals surface area contributed by atoms with Crippen LogP contribution in [0.4, 0.5) is 27.4 Å². The standard InChI is InChI=1S/C29H36FN7O3/c1-3-24(38)36-10-4-5-20(15-36)33-28-26(30)23-13-31-29(39)25(23)27(34-28)32-19-6-8-21(9-7-19)37-12-11-35(14-18(37)2)22-16-40-17-22/h3,6-9,18,20,22H,1,4-5,10-17H2,2H3,(H,31,39)(H2,32,33,34). The second-order valence-electron chi connectivity index (χ2n) is 11.0. The first kappa shape index (κ1) is 26.5. The number of aromatic nitrogens is 1. The molecule has 3 saturated heterocycles. The van der Waals surface area contributed by atoms with E-state index in [1.165, 1.54) is 6.08 Å². The molecule has 0 aliphatic carbocycles. The molecule has 10 nitrogen and oxygen atoms in total. The zero-order valence-electron chi connectivity index (χ0n) is 22.8. The Morgan fingerprint density at radius 2 is 1.98 bits per heavy atom. The summed E-state index contributed by atoms with van der Waals surface area (Å²) < 4.78 is 20.8. The molecule has 1 aromatic heterocycles. The van der Waals surface area contributed by atoms with Crippen LogP contribution in [0.2, 0.25) is 0 Å². The molecule has 4 aliphatic rings. The Labute approximate surface area is 233 Å². The number of ether oxygens (including phenoxy) is 1. The first-order chi connectivity index (χ1) is 19.4. The van der Waals surface area contributed by atoms with Crippen molar-refractivity contribution in [2.24, 2.45) is 0 Å². The Hall–Kier alpha value is -3.70. The molecule has 2 amide bonds. The fourth-order valence-corrected chi connectivity index (χ4v) is 6.09. The number of fused-ring (bicyclic) bond motifs is 1. The number of anilines is 4. The van der Waals surface area contributed by atoms with E-state index in [-0.39, 0.29) is 35.8 Å². The van der Waals surface area contributed by atoms with E-state index in [4.69, 9.17) is 4.74 Å². The predicted octanol–water partition coefficient (Wildman–Crippen LogP) is 2.71. The van der Waals surface area contributed by atoms with Crippen molar-refractivity contribution in [2.45, 2.75) is 44.4 Å². The van der Waals surface area contributed by atoms with Gasteiger partial charge in [-0.1, -0.05) is 6.58 Å². The predicted molar refractivity (Wildman–Crippen MR) is 151 cm³/mol. The lowest BCUT2D eigenvalue weighted by Gasteiger charge is -2.46. The van der Waals surface area contributed by atoms with E-state index in [1.807, 2.05) is 12.1 Å². The molecular formula is C29H36FN7O3. The third-order valence-electron chi connectivity index (χ3n) is 8.39. The molecule has 0 radical (unpaired) electrons. The van der Waals surface area contributed by atoms with Gasteiger partial charge in [0.05, 0.1) is 24.8 Å². The van der Waals surface area contributed by atoms with Crippen molar-refractivity contribution in [1.82, 2.24) is 20.1 Å². The summed E-state index contributed by atoms with van der Waals surface area (Å²) in [6.45, 7) is 11.6. The molecule has 0 bridgehead atoms. The van der Waals surface area contributed by atoms with Crippen molar-refractivity contribution in [2.75, 3.05) is 61.5 Å². The Morgan fingerprint density at radius 3 is 2.67 bits per heavy atom. The Morgan fingerprint density at radius 1 is 1.18 bits per heavy atom. The summed E-state index contributed by atoms with van der Waals surface area (Å²) in [5, 5.41) is 9.17. The number of benzene rings is 1.